The molecule has 2 rings (SSSR count). The van der Waals surface area contributed by atoms with Gasteiger partial charge in [0.1, 0.15) is 37.0 Å². The number of ether oxygens (including phenoxy) is 4. The van der Waals surface area contributed by atoms with E-state index in [2.05, 4.69) is 5.32 Å². The van der Waals surface area contributed by atoms with Crippen molar-refractivity contribution in [3.05, 3.63) is 53.6 Å². The van der Waals surface area contributed by atoms with Gasteiger partial charge < -0.3 is 24.3 Å². The van der Waals surface area contributed by atoms with Gasteiger partial charge in [0, 0.05) is 11.6 Å². The molecule has 2 aromatic rings. The Hall–Kier alpha value is -3.22. The quantitative estimate of drug-likeness (QED) is 0.537. The molecule has 0 heterocycles. The standard InChI is InChI=1S/C20H23NO6/c1-14-4-6-16(7-5-14)26-8-9-27-19(22)13-21-20(23)15-10-17(24-2)12-18(11-15)25-3/h4-7,10-12H,8-9,13H2,1-3H3,(H,21,23). The van der Waals surface area contributed by atoms with Gasteiger partial charge in [-0.3, -0.25) is 9.59 Å². The summed E-state index contributed by atoms with van der Waals surface area (Å²) in [6.07, 6.45) is 0. The molecule has 0 atom stereocenters. The zero-order valence-electron chi connectivity index (χ0n) is 15.6. The van der Waals surface area contributed by atoms with Gasteiger partial charge in [-0.25, -0.2) is 0 Å². The molecule has 0 unspecified atom stereocenters. The van der Waals surface area contributed by atoms with Crippen molar-refractivity contribution in [1.29, 1.82) is 0 Å². The number of esters is 1. The highest BCUT2D eigenvalue weighted by Crippen LogP contribution is 2.22. The lowest BCUT2D eigenvalue weighted by Crippen LogP contribution is -2.31. The molecular formula is C20H23NO6. The van der Waals surface area contributed by atoms with Crippen LogP contribution in [0.4, 0.5) is 0 Å². The van der Waals surface area contributed by atoms with Crippen LogP contribution in [0.3, 0.4) is 0 Å². The van der Waals surface area contributed by atoms with E-state index in [1.807, 2.05) is 31.2 Å². The maximum Gasteiger partial charge on any atom is 0.325 e. The van der Waals surface area contributed by atoms with Gasteiger partial charge in [0.15, 0.2) is 0 Å². The largest absolute Gasteiger partial charge is 0.497 e. The van der Waals surface area contributed by atoms with Crippen LogP contribution in [0, 0.1) is 6.92 Å². The lowest BCUT2D eigenvalue weighted by Gasteiger charge is -2.10. The van der Waals surface area contributed by atoms with Crippen molar-refractivity contribution in [3.63, 3.8) is 0 Å². The minimum absolute atomic E-state index is 0.0928. The van der Waals surface area contributed by atoms with Crippen molar-refractivity contribution in [2.45, 2.75) is 6.92 Å². The highest BCUT2D eigenvalue weighted by molar-refractivity contribution is 5.96. The van der Waals surface area contributed by atoms with E-state index in [0.29, 0.717) is 22.8 Å². The molecule has 0 spiro atoms. The second-order valence-corrected chi connectivity index (χ2v) is 5.67. The first-order chi connectivity index (χ1) is 13.0. The lowest BCUT2D eigenvalue weighted by molar-refractivity contribution is -0.143. The Morgan fingerprint density at radius 1 is 0.889 bits per heavy atom. The fraction of sp³-hybridized carbons (Fsp3) is 0.300. The van der Waals surface area contributed by atoms with E-state index in [-0.39, 0.29) is 19.8 Å². The van der Waals surface area contributed by atoms with E-state index in [4.69, 9.17) is 18.9 Å². The molecule has 7 heteroatoms. The Labute approximate surface area is 158 Å². The Balaban J connectivity index is 1.73. The number of carbonyl (C=O) groups excluding carboxylic acids is 2. The molecule has 0 aromatic heterocycles. The number of hydrogen-bond donors (Lipinski definition) is 1. The molecule has 2 aromatic carbocycles. The van der Waals surface area contributed by atoms with Crippen LogP contribution in [-0.2, 0) is 9.53 Å². The van der Waals surface area contributed by atoms with Crippen LogP contribution >= 0.6 is 0 Å². The van der Waals surface area contributed by atoms with Crippen LogP contribution < -0.4 is 19.5 Å². The predicted octanol–water partition coefficient (Wildman–Crippen LogP) is 2.36. The molecule has 0 radical (unpaired) electrons. The molecule has 0 fully saturated rings. The van der Waals surface area contributed by atoms with E-state index in [0.717, 1.165) is 5.56 Å². The fourth-order valence-corrected chi connectivity index (χ4v) is 2.19. The number of amides is 1. The van der Waals surface area contributed by atoms with Gasteiger partial charge in [-0.15, -0.1) is 0 Å². The van der Waals surface area contributed by atoms with Gasteiger partial charge in [-0.05, 0) is 31.2 Å². The number of rotatable bonds is 9. The van der Waals surface area contributed by atoms with E-state index in [9.17, 15) is 9.59 Å². The Bertz CT molecular complexity index is 750. The number of nitrogens with one attached hydrogen (secondary N) is 1. The van der Waals surface area contributed by atoms with Crippen LogP contribution in [0.2, 0.25) is 0 Å². The first kappa shape index (κ1) is 20.1. The summed E-state index contributed by atoms with van der Waals surface area (Å²) in [6, 6.07) is 12.3. The van der Waals surface area contributed by atoms with E-state index >= 15 is 0 Å². The van der Waals surface area contributed by atoms with Crippen LogP contribution in [0.15, 0.2) is 42.5 Å². The minimum Gasteiger partial charge on any atom is -0.497 e. The molecule has 0 aliphatic rings. The normalized spacial score (nSPS) is 10.0. The molecule has 0 saturated carbocycles. The summed E-state index contributed by atoms with van der Waals surface area (Å²) in [7, 11) is 2.99. The van der Waals surface area contributed by atoms with Gasteiger partial charge >= 0.3 is 5.97 Å². The molecule has 7 nitrogen and oxygen atoms in total. The second-order valence-electron chi connectivity index (χ2n) is 5.67. The molecular weight excluding hydrogens is 350 g/mol. The van der Waals surface area contributed by atoms with Crippen LogP contribution in [0.1, 0.15) is 15.9 Å². The van der Waals surface area contributed by atoms with Crippen molar-refractivity contribution in [1.82, 2.24) is 5.32 Å². The first-order valence-electron chi connectivity index (χ1n) is 8.38. The van der Waals surface area contributed by atoms with Gasteiger partial charge in [0.25, 0.3) is 5.91 Å². The SMILES string of the molecule is COc1cc(OC)cc(C(=O)NCC(=O)OCCOc2ccc(C)cc2)c1. The third-order valence-corrected chi connectivity index (χ3v) is 3.64. The molecule has 0 aliphatic carbocycles. The van der Waals surface area contributed by atoms with E-state index in [1.165, 1.54) is 14.2 Å². The topological polar surface area (TPSA) is 83.1 Å². The minimum atomic E-state index is -0.550. The number of benzene rings is 2. The van der Waals surface area contributed by atoms with Gasteiger partial charge in [0.2, 0.25) is 0 Å². The fourth-order valence-electron chi connectivity index (χ4n) is 2.19. The second kappa shape index (κ2) is 10.1. The monoisotopic (exact) mass is 373 g/mol. The van der Waals surface area contributed by atoms with E-state index < -0.39 is 11.9 Å². The third kappa shape index (κ3) is 6.54. The molecule has 1 amide bonds. The summed E-state index contributed by atoms with van der Waals surface area (Å²) in [4.78, 5) is 23.9. The number of hydrogen-bond acceptors (Lipinski definition) is 6. The third-order valence-electron chi connectivity index (χ3n) is 3.64. The van der Waals surface area contributed by atoms with Crippen LogP contribution in [0.25, 0.3) is 0 Å². The van der Waals surface area contributed by atoms with E-state index in [1.54, 1.807) is 18.2 Å². The van der Waals surface area contributed by atoms with Crippen molar-refractivity contribution in [2.24, 2.45) is 0 Å². The highest BCUT2D eigenvalue weighted by Gasteiger charge is 2.12. The highest BCUT2D eigenvalue weighted by atomic mass is 16.6. The Morgan fingerprint density at radius 2 is 1.52 bits per heavy atom. The Kier molecular flexibility index (Phi) is 7.49. The predicted molar refractivity (Wildman–Crippen MR) is 99.5 cm³/mol. The summed E-state index contributed by atoms with van der Waals surface area (Å²) in [5, 5.41) is 2.50. The van der Waals surface area contributed by atoms with Crippen LogP contribution in [-0.4, -0.2) is 45.9 Å². The summed E-state index contributed by atoms with van der Waals surface area (Å²) in [5.41, 5.74) is 1.46. The van der Waals surface area contributed by atoms with Crippen molar-refractivity contribution < 1.29 is 28.5 Å². The zero-order chi connectivity index (χ0) is 19.6. The number of carbonyl (C=O) groups is 2. The van der Waals surface area contributed by atoms with Crippen LogP contribution in [0.5, 0.6) is 17.2 Å². The summed E-state index contributed by atoms with van der Waals surface area (Å²) < 4.78 is 20.7. The molecule has 144 valence electrons. The summed E-state index contributed by atoms with van der Waals surface area (Å²) >= 11 is 0. The molecule has 0 aliphatic heterocycles. The van der Waals surface area contributed by atoms with Crippen molar-refractivity contribution >= 4 is 11.9 Å². The van der Waals surface area contributed by atoms with Gasteiger partial charge in [-0.1, -0.05) is 17.7 Å². The number of methoxy groups -OCH3 is 2. The van der Waals surface area contributed by atoms with Crippen molar-refractivity contribution in [2.75, 3.05) is 34.0 Å². The van der Waals surface area contributed by atoms with Gasteiger partial charge in [-0.2, -0.15) is 0 Å². The average Bonchev–Trinajstić information content (AvgIpc) is 2.70. The maximum atomic E-state index is 12.2. The summed E-state index contributed by atoms with van der Waals surface area (Å²) in [6.45, 7) is 2.07. The number of aryl methyl sites for hydroxylation is 1. The molecule has 1 N–H and O–H groups in total. The maximum absolute atomic E-state index is 12.2. The lowest BCUT2D eigenvalue weighted by atomic mass is 10.2. The zero-order valence-corrected chi connectivity index (χ0v) is 15.6. The smallest absolute Gasteiger partial charge is 0.325 e. The molecule has 27 heavy (non-hydrogen) atoms. The molecule has 0 saturated heterocycles. The average molecular weight is 373 g/mol. The molecule has 0 bridgehead atoms. The van der Waals surface area contributed by atoms with Gasteiger partial charge in [0.05, 0.1) is 14.2 Å². The van der Waals surface area contributed by atoms with Crippen molar-refractivity contribution in [3.8, 4) is 17.2 Å². The summed E-state index contributed by atoms with van der Waals surface area (Å²) in [5.74, 6) is 0.688. The Morgan fingerprint density at radius 3 is 2.11 bits per heavy atom. The first-order valence-corrected chi connectivity index (χ1v) is 8.38.